The highest BCUT2D eigenvalue weighted by Gasteiger charge is 2.32. The van der Waals surface area contributed by atoms with Crippen molar-refractivity contribution in [2.75, 3.05) is 13.1 Å². The molecular weight excluding hydrogens is 242 g/mol. The average Bonchev–Trinajstić information content (AvgIpc) is 2.83. The third kappa shape index (κ3) is 3.11. The molecule has 4 heteroatoms. The quantitative estimate of drug-likeness (QED) is 0.909. The van der Waals surface area contributed by atoms with Crippen molar-refractivity contribution in [1.29, 1.82) is 0 Å². The number of rotatable bonds is 4. The molecule has 2 heterocycles. The smallest absolute Gasteiger partial charge is 0.107 e. The topological polar surface area (TPSA) is 28.2 Å². The Bertz CT molecular complexity index is 346. The largest absolute Gasteiger partial charge is 0.310 e. The van der Waals surface area contributed by atoms with E-state index in [2.05, 4.69) is 41.4 Å². The van der Waals surface area contributed by atoms with E-state index in [9.17, 15) is 0 Å². The normalized spacial score (nSPS) is 24.9. The molecule has 0 spiro atoms. The van der Waals surface area contributed by atoms with Crippen molar-refractivity contribution in [2.45, 2.75) is 58.2 Å². The first-order chi connectivity index (χ1) is 8.69. The van der Waals surface area contributed by atoms with Gasteiger partial charge in [-0.1, -0.05) is 13.8 Å². The van der Waals surface area contributed by atoms with E-state index in [1.807, 2.05) is 6.20 Å². The maximum atomic E-state index is 4.43. The number of nitrogens with zero attached hydrogens (tertiary/aromatic N) is 2. The summed E-state index contributed by atoms with van der Waals surface area (Å²) in [6.45, 7) is 10.2. The first kappa shape index (κ1) is 14.0. The number of nitrogens with one attached hydrogen (secondary N) is 1. The zero-order valence-electron chi connectivity index (χ0n) is 11.8. The van der Waals surface area contributed by atoms with Crippen LogP contribution in [0.15, 0.2) is 11.6 Å². The van der Waals surface area contributed by atoms with Gasteiger partial charge in [-0.05, 0) is 32.7 Å². The summed E-state index contributed by atoms with van der Waals surface area (Å²) in [7, 11) is 0. The second kappa shape index (κ2) is 6.13. The van der Waals surface area contributed by atoms with Crippen molar-refractivity contribution >= 4 is 11.3 Å². The van der Waals surface area contributed by atoms with Crippen molar-refractivity contribution in [2.24, 2.45) is 0 Å². The highest BCUT2D eigenvalue weighted by atomic mass is 32.1. The highest BCUT2D eigenvalue weighted by molar-refractivity contribution is 7.09. The lowest BCUT2D eigenvalue weighted by molar-refractivity contribution is 0.152. The second-order valence-corrected chi connectivity index (χ2v) is 6.36. The molecule has 3 nitrogen and oxygen atoms in total. The van der Waals surface area contributed by atoms with Gasteiger partial charge in [0.1, 0.15) is 5.01 Å². The van der Waals surface area contributed by atoms with Gasteiger partial charge in [0.05, 0.1) is 6.54 Å². The summed E-state index contributed by atoms with van der Waals surface area (Å²) < 4.78 is 0. The van der Waals surface area contributed by atoms with Gasteiger partial charge in [0.15, 0.2) is 0 Å². The van der Waals surface area contributed by atoms with E-state index in [0.29, 0.717) is 11.6 Å². The lowest BCUT2D eigenvalue weighted by Crippen LogP contribution is -2.51. The predicted octanol–water partition coefficient (Wildman–Crippen LogP) is 2.89. The summed E-state index contributed by atoms with van der Waals surface area (Å²) >= 11 is 1.77. The maximum Gasteiger partial charge on any atom is 0.107 e. The van der Waals surface area contributed by atoms with Gasteiger partial charge in [-0.2, -0.15) is 0 Å². The Balaban J connectivity index is 2.10. The fourth-order valence-corrected chi connectivity index (χ4v) is 3.41. The summed E-state index contributed by atoms with van der Waals surface area (Å²) in [4.78, 5) is 7.03. The van der Waals surface area contributed by atoms with Crippen LogP contribution in [-0.2, 0) is 6.54 Å². The Hall–Kier alpha value is -0.450. The molecule has 18 heavy (non-hydrogen) atoms. The average molecular weight is 267 g/mol. The molecule has 0 saturated carbocycles. The summed E-state index contributed by atoms with van der Waals surface area (Å²) in [5.41, 5.74) is 0.294. The molecule has 1 aromatic rings. The number of hydrogen-bond donors (Lipinski definition) is 1. The minimum absolute atomic E-state index is 0.294. The molecule has 0 amide bonds. The Kier molecular flexibility index (Phi) is 4.76. The third-order valence-electron chi connectivity index (χ3n) is 4.37. The van der Waals surface area contributed by atoms with Gasteiger partial charge in [-0.25, -0.2) is 4.98 Å². The van der Waals surface area contributed by atoms with Crippen molar-refractivity contribution in [3.63, 3.8) is 0 Å². The Morgan fingerprint density at radius 1 is 1.50 bits per heavy atom. The molecule has 0 bridgehead atoms. The third-order valence-corrected chi connectivity index (χ3v) is 5.13. The maximum absolute atomic E-state index is 4.43. The van der Waals surface area contributed by atoms with Crippen LogP contribution in [0.5, 0.6) is 0 Å². The minimum atomic E-state index is 0.294. The number of aromatic nitrogens is 1. The molecule has 1 N–H and O–H groups in total. The van der Waals surface area contributed by atoms with Gasteiger partial charge in [0.25, 0.3) is 0 Å². The number of thiazole rings is 1. The lowest BCUT2D eigenvalue weighted by atomic mass is 9.92. The lowest BCUT2D eigenvalue weighted by Gasteiger charge is -2.36. The van der Waals surface area contributed by atoms with E-state index in [0.717, 1.165) is 19.6 Å². The molecule has 1 aliphatic heterocycles. The number of hydrogen-bond acceptors (Lipinski definition) is 4. The SMILES string of the molecule is CCC1(CC)CN(Cc2nccs2)C(C)CCN1. The molecule has 1 unspecified atom stereocenters. The van der Waals surface area contributed by atoms with Crippen LogP contribution in [0.25, 0.3) is 0 Å². The summed E-state index contributed by atoms with van der Waals surface area (Å²) in [5.74, 6) is 0. The summed E-state index contributed by atoms with van der Waals surface area (Å²) in [6, 6.07) is 0.640. The van der Waals surface area contributed by atoms with Crippen LogP contribution in [-0.4, -0.2) is 34.6 Å². The Labute approximate surface area is 115 Å². The highest BCUT2D eigenvalue weighted by Crippen LogP contribution is 2.24. The summed E-state index contributed by atoms with van der Waals surface area (Å²) in [5, 5.41) is 7.09. The molecule has 1 saturated heterocycles. The summed E-state index contributed by atoms with van der Waals surface area (Å²) in [6.07, 6.45) is 5.54. The monoisotopic (exact) mass is 267 g/mol. The van der Waals surface area contributed by atoms with Gasteiger partial charge in [0, 0.05) is 29.7 Å². The Morgan fingerprint density at radius 3 is 2.89 bits per heavy atom. The van der Waals surface area contributed by atoms with E-state index < -0.39 is 0 Å². The first-order valence-corrected chi connectivity index (χ1v) is 7.94. The fraction of sp³-hybridized carbons (Fsp3) is 0.786. The second-order valence-electron chi connectivity index (χ2n) is 5.38. The van der Waals surface area contributed by atoms with Gasteiger partial charge < -0.3 is 5.32 Å². The predicted molar refractivity (Wildman–Crippen MR) is 77.9 cm³/mol. The van der Waals surface area contributed by atoms with Crippen LogP contribution >= 0.6 is 11.3 Å². The molecule has 1 atom stereocenters. The minimum Gasteiger partial charge on any atom is -0.310 e. The van der Waals surface area contributed by atoms with Crippen LogP contribution in [0.4, 0.5) is 0 Å². The molecule has 0 aliphatic carbocycles. The van der Waals surface area contributed by atoms with Gasteiger partial charge in [0.2, 0.25) is 0 Å². The van der Waals surface area contributed by atoms with Crippen molar-refractivity contribution in [1.82, 2.24) is 15.2 Å². The van der Waals surface area contributed by atoms with Crippen molar-refractivity contribution in [3.8, 4) is 0 Å². The van der Waals surface area contributed by atoms with Gasteiger partial charge in [-0.15, -0.1) is 11.3 Å². The van der Waals surface area contributed by atoms with Crippen molar-refractivity contribution in [3.05, 3.63) is 16.6 Å². The van der Waals surface area contributed by atoms with Crippen LogP contribution in [0.2, 0.25) is 0 Å². The first-order valence-electron chi connectivity index (χ1n) is 7.06. The zero-order chi connectivity index (χ0) is 13.0. The molecule has 102 valence electrons. The molecule has 1 aromatic heterocycles. The standard InChI is InChI=1S/C14H25N3S/c1-4-14(5-2)11-17(12(3)6-7-16-14)10-13-15-8-9-18-13/h8-9,12,16H,4-7,10-11H2,1-3H3. The molecule has 1 aliphatic rings. The molecule has 2 rings (SSSR count). The van der Waals surface area contributed by atoms with Gasteiger partial charge in [-0.3, -0.25) is 4.90 Å². The van der Waals surface area contributed by atoms with Crippen LogP contribution in [0.3, 0.4) is 0 Å². The molecule has 0 aromatic carbocycles. The van der Waals surface area contributed by atoms with E-state index in [1.54, 1.807) is 11.3 Å². The van der Waals surface area contributed by atoms with E-state index >= 15 is 0 Å². The van der Waals surface area contributed by atoms with E-state index in [4.69, 9.17) is 0 Å². The van der Waals surface area contributed by atoms with Crippen molar-refractivity contribution < 1.29 is 0 Å². The van der Waals surface area contributed by atoms with Crippen LogP contribution in [0, 0.1) is 0 Å². The van der Waals surface area contributed by atoms with E-state index in [1.165, 1.54) is 24.3 Å². The Morgan fingerprint density at radius 2 is 2.28 bits per heavy atom. The zero-order valence-corrected chi connectivity index (χ0v) is 12.6. The molecule has 0 radical (unpaired) electrons. The molecular formula is C14H25N3S. The van der Waals surface area contributed by atoms with Crippen LogP contribution in [0.1, 0.15) is 45.0 Å². The fourth-order valence-electron chi connectivity index (χ4n) is 2.77. The molecule has 1 fully saturated rings. The van der Waals surface area contributed by atoms with Gasteiger partial charge >= 0.3 is 0 Å². The van der Waals surface area contributed by atoms with E-state index in [-0.39, 0.29) is 0 Å². The van der Waals surface area contributed by atoms with Crippen LogP contribution < -0.4 is 5.32 Å².